The average Bonchev–Trinajstić information content (AvgIpc) is 2.26. The lowest BCUT2D eigenvalue weighted by Crippen LogP contribution is -2.29. The minimum Gasteiger partial charge on any atom is -0.481 e. The maximum absolute atomic E-state index is 10.7. The third kappa shape index (κ3) is 5.47. The molecule has 1 fully saturated rings. The molecule has 0 aromatic carbocycles. The molecule has 0 bridgehead atoms. The summed E-state index contributed by atoms with van der Waals surface area (Å²) in [6.07, 6.45) is 5.66. The topological polar surface area (TPSA) is 55.8 Å². The Morgan fingerprint density at radius 1 is 1.56 bits per heavy atom. The fourth-order valence-corrected chi connectivity index (χ4v) is 1.88. The zero-order chi connectivity index (χ0) is 11.8. The van der Waals surface area contributed by atoms with E-state index in [9.17, 15) is 4.79 Å². The van der Waals surface area contributed by atoms with Crippen molar-refractivity contribution in [2.24, 2.45) is 0 Å². The summed E-state index contributed by atoms with van der Waals surface area (Å²) in [6.45, 7) is 2.83. The minimum absolute atomic E-state index is 0.0832. The summed E-state index contributed by atoms with van der Waals surface area (Å²) in [6, 6.07) is 0. The standard InChI is InChI=1S/C12H22O4/c1-2-3-6-10(9-11(13)14)16-12-7-4-5-8-15-12/h10,12H,2-9H2,1H3,(H,13,14). The maximum atomic E-state index is 10.7. The smallest absolute Gasteiger partial charge is 0.305 e. The first-order chi connectivity index (χ1) is 7.72. The van der Waals surface area contributed by atoms with Crippen LogP contribution in [0, 0.1) is 0 Å². The van der Waals surface area contributed by atoms with Crippen molar-refractivity contribution < 1.29 is 19.4 Å². The Labute approximate surface area is 96.9 Å². The largest absolute Gasteiger partial charge is 0.481 e. The number of aliphatic carboxylic acids is 1. The monoisotopic (exact) mass is 230 g/mol. The minimum atomic E-state index is -0.795. The molecule has 0 aromatic rings. The summed E-state index contributed by atoms with van der Waals surface area (Å²) in [5, 5.41) is 8.79. The van der Waals surface area contributed by atoms with E-state index in [0.717, 1.165) is 45.1 Å². The van der Waals surface area contributed by atoms with Gasteiger partial charge in [0.2, 0.25) is 0 Å². The molecule has 0 aromatic heterocycles. The van der Waals surface area contributed by atoms with Crippen LogP contribution < -0.4 is 0 Å². The van der Waals surface area contributed by atoms with E-state index >= 15 is 0 Å². The van der Waals surface area contributed by atoms with Crippen LogP contribution in [-0.2, 0) is 14.3 Å². The van der Waals surface area contributed by atoms with Crippen LogP contribution in [0.4, 0.5) is 0 Å². The van der Waals surface area contributed by atoms with Gasteiger partial charge in [-0.3, -0.25) is 4.79 Å². The summed E-state index contributed by atoms with van der Waals surface area (Å²) in [7, 11) is 0. The van der Waals surface area contributed by atoms with E-state index in [2.05, 4.69) is 6.92 Å². The van der Waals surface area contributed by atoms with Gasteiger partial charge in [-0.15, -0.1) is 0 Å². The molecule has 0 aliphatic carbocycles. The molecular weight excluding hydrogens is 208 g/mol. The molecule has 1 rings (SSSR count). The van der Waals surface area contributed by atoms with Gasteiger partial charge in [0.05, 0.1) is 12.5 Å². The van der Waals surface area contributed by atoms with Crippen molar-refractivity contribution in [3.8, 4) is 0 Å². The predicted molar refractivity (Wildman–Crippen MR) is 60.2 cm³/mol. The van der Waals surface area contributed by atoms with Gasteiger partial charge < -0.3 is 14.6 Å². The van der Waals surface area contributed by atoms with Crippen molar-refractivity contribution in [1.82, 2.24) is 0 Å². The van der Waals surface area contributed by atoms with Crippen LogP contribution in [0.25, 0.3) is 0 Å². The fraction of sp³-hybridized carbons (Fsp3) is 0.917. The Kier molecular flexibility index (Phi) is 6.42. The summed E-state index contributed by atoms with van der Waals surface area (Å²) < 4.78 is 11.2. The van der Waals surface area contributed by atoms with Crippen LogP contribution in [0.3, 0.4) is 0 Å². The van der Waals surface area contributed by atoms with Crippen LogP contribution >= 0.6 is 0 Å². The van der Waals surface area contributed by atoms with Gasteiger partial charge in [0.15, 0.2) is 6.29 Å². The molecule has 0 amide bonds. The number of carboxylic acid groups (broad SMARTS) is 1. The van der Waals surface area contributed by atoms with Crippen molar-refractivity contribution in [3.63, 3.8) is 0 Å². The highest BCUT2D eigenvalue weighted by Gasteiger charge is 2.21. The van der Waals surface area contributed by atoms with Gasteiger partial charge in [0.1, 0.15) is 0 Å². The number of hydrogen-bond donors (Lipinski definition) is 1. The highest BCUT2D eigenvalue weighted by molar-refractivity contribution is 5.67. The van der Waals surface area contributed by atoms with Crippen LogP contribution in [0.2, 0.25) is 0 Å². The van der Waals surface area contributed by atoms with Crippen molar-refractivity contribution in [2.75, 3.05) is 6.61 Å². The lowest BCUT2D eigenvalue weighted by molar-refractivity contribution is -0.193. The van der Waals surface area contributed by atoms with E-state index in [1.54, 1.807) is 0 Å². The molecule has 1 heterocycles. The molecule has 94 valence electrons. The molecule has 1 N–H and O–H groups in total. The fourth-order valence-electron chi connectivity index (χ4n) is 1.88. The normalized spacial score (nSPS) is 22.9. The highest BCUT2D eigenvalue weighted by atomic mass is 16.7. The molecular formula is C12H22O4. The second kappa shape index (κ2) is 7.63. The second-order valence-electron chi connectivity index (χ2n) is 4.29. The van der Waals surface area contributed by atoms with Crippen LogP contribution in [-0.4, -0.2) is 30.1 Å². The Hall–Kier alpha value is -0.610. The maximum Gasteiger partial charge on any atom is 0.305 e. The van der Waals surface area contributed by atoms with E-state index < -0.39 is 5.97 Å². The quantitative estimate of drug-likeness (QED) is 0.730. The van der Waals surface area contributed by atoms with Gasteiger partial charge in [-0.05, 0) is 25.7 Å². The molecule has 2 unspecified atom stereocenters. The first-order valence-electron chi connectivity index (χ1n) is 6.21. The molecule has 1 aliphatic heterocycles. The summed E-state index contributed by atoms with van der Waals surface area (Å²) >= 11 is 0. The van der Waals surface area contributed by atoms with E-state index in [1.807, 2.05) is 0 Å². The summed E-state index contributed by atoms with van der Waals surface area (Å²) in [5.41, 5.74) is 0. The highest BCUT2D eigenvalue weighted by Crippen LogP contribution is 2.19. The molecule has 2 atom stereocenters. The van der Waals surface area contributed by atoms with E-state index in [1.165, 1.54) is 0 Å². The van der Waals surface area contributed by atoms with Gasteiger partial charge in [-0.2, -0.15) is 0 Å². The van der Waals surface area contributed by atoms with Crippen LogP contribution in [0.1, 0.15) is 51.9 Å². The zero-order valence-corrected chi connectivity index (χ0v) is 9.98. The van der Waals surface area contributed by atoms with Crippen molar-refractivity contribution in [3.05, 3.63) is 0 Å². The second-order valence-corrected chi connectivity index (χ2v) is 4.29. The lowest BCUT2D eigenvalue weighted by Gasteiger charge is -2.27. The molecule has 4 nitrogen and oxygen atoms in total. The van der Waals surface area contributed by atoms with E-state index in [0.29, 0.717) is 0 Å². The zero-order valence-electron chi connectivity index (χ0n) is 9.98. The molecule has 0 radical (unpaired) electrons. The van der Waals surface area contributed by atoms with Gasteiger partial charge in [0, 0.05) is 6.61 Å². The molecule has 0 spiro atoms. The third-order valence-electron chi connectivity index (χ3n) is 2.76. The van der Waals surface area contributed by atoms with Crippen molar-refractivity contribution >= 4 is 5.97 Å². The van der Waals surface area contributed by atoms with Crippen LogP contribution in [0.15, 0.2) is 0 Å². The Morgan fingerprint density at radius 3 is 2.94 bits per heavy atom. The van der Waals surface area contributed by atoms with Gasteiger partial charge in [-0.1, -0.05) is 19.8 Å². The van der Waals surface area contributed by atoms with Crippen LogP contribution in [0.5, 0.6) is 0 Å². The molecule has 16 heavy (non-hydrogen) atoms. The first-order valence-corrected chi connectivity index (χ1v) is 6.21. The molecule has 1 aliphatic rings. The Bertz CT molecular complexity index is 199. The molecule has 4 heteroatoms. The number of hydrogen-bond acceptors (Lipinski definition) is 3. The first kappa shape index (κ1) is 13.5. The average molecular weight is 230 g/mol. The molecule has 1 saturated heterocycles. The van der Waals surface area contributed by atoms with Gasteiger partial charge >= 0.3 is 5.97 Å². The van der Waals surface area contributed by atoms with E-state index in [4.69, 9.17) is 14.6 Å². The molecule has 0 saturated carbocycles. The number of carboxylic acids is 1. The lowest BCUT2D eigenvalue weighted by atomic mass is 10.1. The number of carbonyl (C=O) groups is 1. The van der Waals surface area contributed by atoms with E-state index in [-0.39, 0.29) is 18.8 Å². The number of ether oxygens (including phenoxy) is 2. The Morgan fingerprint density at radius 2 is 2.38 bits per heavy atom. The number of unbranched alkanes of at least 4 members (excludes halogenated alkanes) is 1. The summed E-state index contributed by atoms with van der Waals surface area (Å²) in [4.78, 5) is 10.7. The van der Waals surface area contributed by atoms with Crippen molar-refractivity contribution in [1.29, 1.82) is 0 Å². The summed E-state index contributed by atoms with van der Waals surface area (Å²) in [5.74, 6) is -0.795. The number of rotatable bonds is 7. The third-order valence-corrected chi connectivity index (χ3v) is 2.76. The SMILES string of the molecule is CCCCC(CC(=O)O)OC1CCCCO1. The van der Waals surface area contributed by atoms with Crippen molar-refractivity contribution in [2.45, 2.75) is 64.3 Å². The predicted octanol–water partition coefficient (Wildman–Crippen LogP) is 2.56. The van der Waals surface area contributed by atoms with Gasteiger partial charge in [-0.25, -0.2) is 0 Å². The Balaban J connectivity index is 2.31. The van der Waals surface area contributed by atoms with Gasteiger partial charge in [0.25, 0.3) is 0 Å².